The summed E-state index contributed by atoms with van der Waals surface area (Å²) >= 11 is 0. The SMILES string of the molecule is COc1ccc(OC)c(-c2cc(-c3ccc(C)cc3)nn2-c2ccc(S(N)(=O)=O)cc2)c1. The van der Waals surface area contributed by atoms with Gasteiger partial charge < -0.3 is 9.47 Å². The van der Waals surface area contributed by atoms with Crippen LogP contribution in [-0.2, 0) is 10.0 Å². The fraction of sp³-hybridized carbons (Fsp3) is 0.125. The molecular formula is C24H23N3O4S. The maximum atomic E-state index is 11.7. The van der Waals surface area contributed by atoms with Crippen molar-refractivity contribution in [2.45, 2.75) is 11.8 Å². The Kier molecular flexibility index (Phi) is 5.73. The highest BCUT2D eigenvalue weighted by molar-refractivity contribution is 7.89. The van der Waals surface area contributed by atoms with Gasteiger partial charge in [0.05, 0.1) is 36.2 Å². The number of hydrogen-bond donors (Lipinski definition) is 1. The first-order valence-electron chi connectivity index (χ1n) is 9.83. The highest BCUT2D eigenvalue weighted by atomic mass is 32.2. The molecule has 0 aliphatic rings. The monoisotopic (exact) mass is 449 g/mol. The molecule has 0 saturated carbocycles. The maximum absolute atomic E-state index is 11.7. The lowest BCUT2D eigenvalue weighted by Gasteiger charge is -2.13. The smallest absolute Gasteiger partial charge is 0.238 e. The number of hydrogen-bond acceptors (Lipinski definition) is 5. The standard InChI is InChI=1S/C24H23N3O4S/c1-16-4-6-17(7-5-16)22-15-23(21-14-19(30-2)10-13-24(21)31-3)27(26-22)18-8-11-20(12-9-18)32(25,28)29/h4-15H,1-3H3,(H2,25,28,29). The summed E-state index contributed by atoms with van der Waals surface area (Å²) in [5.74, 6) is 1.33. The first-order chi connectivity index (χ1) is 15.3. The molecule has 0 unspecified atom stereocenters. The number of aromatic nitrogens is 2. The summed E-state index contributed by atoms with van der Waals surface area (Å²) < 4.78 is 36.1. The highest BCUT2D eigenvalue weighted by Crippen LogP contribution is 2.37. The normalized spacial score (nSPS) is 11.4. The van der Waals surface area contributed by atoms with Gasteiger partial charge in [-0.1, -0.05) is 29.8 Å². The topological polar surface area (TPSA) is 96.4 Å². The van der Waals surface area contributed by atoms with Gasteiger partial charge in [-0.2, -0.15) is 5.10 Å². The van der Waals surface area contributed by atoms with Crippen LogP contribution < -0.4 is 14.6 Å². The van der Waals surface area contributed by atoms with Crippen molar-refractivity contribution in [3.8, 4) is 39.7 Å². The van der Waals surface area contributed by atoms with Crippen molar-refractivity contribution >= 4 is 10.0 Å². The molecule has 0 aliphatic carbocycles. The summed E-state index contributed by atoms with van der Waals surface area (Å²) in [4.78, 5) is 0.0349. The van der Waals surface area contributed by atoms with Crippen LogP contribution in [0.2, 0.25) is 0 Å². The number of rotatable bonds is 6. The molecule has 0 fully saturated rings. The predicted molar refractivity (Wildman–Crippen MR) is 124 cm³/mol. The maximum Gasteiger partial charge on any atom is 0.238 e. The van der Waals surface area contributed by atoms with Gasteiger partial charge in [0, 0.05) is 11.1 Å². The van der Waals surface area contributed by atoms with E-state index >= 15 is 0 Å². The molecular weight excluding hydrogens is 426 g/mol. The van der Waals surface area contributed by atoms with Gasteiger partial charge in [-0.3, -0.25) is 0 Å². The molecule has 32 heavy (non-hydrogen) atoms. The van der Waals surface area contributed by atoms with Crippen LogP contribution in [-0.4, -0.2) is 32.4 Å². The molecule has 8 heteroatoms. The number of nitrogens with zero attached hydrogens (tertiary/aromatic N) is 2. The van der Waals surface area contributed by atoms with E-state index in [2.05, 4.69) is 0 Å². The average Bonchev–Trinajstić information content (AvgIpc) is 3.24. The fourth-order valence-electron chi connectivity index (χ4n) is 3.43. The van der Waals surface area contributed by atoms with Crippen LogP contribution >= 0.6 is 0 Å². The van der Waals surface area contributed by atoms with E-state index < -0.39 is 10.0 Å². The van der Waals surface area contributed by atoms with Gasteiger partial charge in [0.15, 0.2) is 0 Å². The van der Waals surface area contributed by atoms with Crippen LogP contribution in [0.5, 0.6) is 11.5 Å². The number of methoxy groups -OCH3 is 2. The minimum atomic E-state index is -3.79. The summed E-state index contributed by atoms with van der Waals surface area (Å²) in [6, 6.07) is 21.9. The van der Waals surface area contributed by atoms with Crippen LogP contribution in [0.25, 0.3) is 28.2 Å². The Labute approximate surface area is 187 Å². The largest absolute Gasteiger partial charge is 0.497 e. The predicted octanol–water partition coefficient (Wildman–Crippen LogP) is 4.18. The van der Waals surface area contributed by atoms with Crippen molar-refractivity contribution in [2.75, 3.05) is 14.2 Å². The van der Waals surface area contributed by atoms with Crippen molar-refractivity contribution < 1.29 is 17.9 Å². The van der Waals surface area contributed by atoms with E-state index in [1.807, 2.05) is 55.5 Å². The van der Waals surface area contributed by atoms with E-state index in [1.54, 1.807) is 31.0 Å². The van der Waals surface area contributed by atoms with E-state index in [9.17, 15) is 8.42 Å². The van der Waals surface area contributed by atoms with E-state index in [0.29, 0.717) is 17.2 Å². The lowest BCUT2D eigenvalue weighted by atomic mass is 10.1. The Hall–Kier alpha value is -3.62. The zero-order valence-electron chi connectivity index (χ0n) is 17.9. The molecule has 7 nitrogen and oxygen atoms in total. The summed E-state index contributed by atoms with van der Waals surface area (Å²) in [5.41, 5.74) is 5.10. The third-order valence-corrected chi connectivity index (χ3v) is 6.08. The second-order valence-corrected chi connectivity index (χ2v) is 8.86. The Morgan fingerprint density at radius 1 is 0.875 bits per heavy atom. The molecule has 1 heterocycles. The lowest BCUT2D eigenvalue weighted by Crippen LogP contribution is -2.12. The second kappa shape index (κ2) is 8.49. The number of ether oxygens (including phenoxy) is 2. The first kappa shape index (κ1) is 21.6. The minimum Gasteiger partial charge on any atom is -0.497 e. The summed E-state index contributed by atoms with van der Waals surface area (Å²) in [7, 11) is -0.583. The number of nitrogens with two attached hydrogens (primary N) is 1. The molecule has 164 valence electrons. The quantitative estimate of drug-likeness (QED) is 0.476. The molecule has 0 aliphatic heterocycles. The molecule has 0 radical (unpaired) electrons. The summed E-state index contributed by atoms with van der Waals surface area (Å²) in [5, 5.41) is 10.1. The molecule has 0 saturated heterocycles. The van der Waals surface area contributed by atoms with E-state index in [0.717, 1.165) is 28.1 Å². The van der Waals surface area contributed by atoms with Gasteiger partial charge in [0.1, 0.15) is 11.5 Å². The van der Waals surface area contributed by atoms with Gasteiger partial charge in [-0.15, -0.1) is 0 Å². The summed E-state index contributed by atoms with van der Waals surface area (Å²) in [6.07, 6.45) is 0. The molecule has 0 bridgehead atoms. The minimum absolute atomic E-state index is 0.0349. The molecule has 2 N–H and O–H groups in total. The zero-order chi connectivity index (χ0) is 22.9. The molecule has 3 aromatic carbocycles. The van der Waals surface area contributed by atoms with Crippen LogP contribution in [0.15, 0.2) is 77.7 Å². The van der Waals surface area contributed by atoms with E-state index in [-0.39, 0.29) is 4.90 Å². The fourth-order valence-corrected chi connectivity index (χ4v) is 3.94. The summed E-state index contributed by atoms with van der Waals surface area (Å²) in [6.45, 7) is 2.03. The average molecular weight is 450 g/mol. The Morgan fingerprint density at radius 3 is 2.16 bits per heavy atom. The van der Waals surface area contributed by atoms with Gasteiger partial charge >= 0.3 is 0 Å². The van der Waals surface area contributed by atoms with E-state index in [1.165, 1.54) is 12.1 Å². The van der Waals surface area contributed by atoms with Crippen LogP contribution in [0.1, 0.15) is 5.56 Å². The highest BCUT2D eigenvalue weighted by Gasteiger charge is 2.18. The number of primary sulfonamides is 1. The number of benzene rings is 3. The molecule has 0 atom stereocenters. The lowest BCUT2D eigenvalue weighted by molar-refractivity contribution is 0.404. The Balaban J connectivity index is 1.93. The number of aryl methyl sites for hydroxylation is 1. The van der Waals surface area contributed by atoms with Gasteiger partial charge in [-0.25, -0.2) is 18.2 Å². The Morgan fingerprint density at radius 2 is 1.56 bits per heavy atom. The molecule has 0 amide bonds. The third kappa shape index (κ3) is 4.23. The zero-order valence-corrected chi connectivity index (χ0v) is 18.8. The van der Waals surface area contributed by atoms with Gasteiger partial charge in [0.25, 0.3) is 0 Å². The van der Waals surface area contributed by atoms with Crippen molar-refractivity contribution in [1.29, 1.82) is 0 Å². The molecule has 4 aromatic rings. The molecule has 1 aromatic heterocycles. The third-order valence-electron chi connectivity index (χ3n) is 5.15. The van der Waals surface area contributed by atoms with Gasteiger partial charge in [-0.05, 0) is 55.5 Å². The first-order valence-corrected chi connectivity index (χ1v) is 11.4. The van der Waals surface area contributed by atoms with Crippen molar-refractivity contribution in [3.63, 3.8) is 0 Å². The molecule has 4 rings (SSSR count). The van der Waals surface area contributed by atoms with Gasteiger partial charge in [0.2, 0.25) is 10.0 Å². The Bertz CT molecular complexity index is 1360. The number of sulfonamides is 1. The van der Waals surface area contributed by atoms with Crippen molar-refractivity contribution in [3.05, 3.63) is 78.4 Å². The van der Waals surface area contributed by atoms with Crippen LogP contribution in [0.4, 0.5) is 0 Å². The second-order valence-electron chi connectivity index (χ2n) is 7.30. The van der Waals surface area contributed by atoms with Crippen LogP contribution in [0, 0.1) is 6.92 Å². The van der Waals surface area contributed by atoms with Crippen molar-refractivity contribution in [2.24, 2.45) is 5.14 Å². The van der Waals surface area contributed by atoms with Crippen molar-refractivity contribution in [1.82, 2.24) is 9.78 Å². The van der Waals surface area contributed by atoms with E-state index in [4.69, 9.17) is 19.7 Å². The van der Waals surface area contributed by atoms with Crippen LogP contribution in [0.3, 0.4) is 0 Å². The molecule has 0 spiro atoms.